The van der Waals surface area contributed by atoms with Crippen LogP contribution in [0.3, 0.4) is 0 Å². The Kier molecular flexibility index (Phi) is 12.0. The Balaban J connectivity index is 0.000000213. The van der Waals surface area contributed by atoms with Gasteiger partial charge in [0.25, 0.3) is 0 Å². The van der Waals surface area contributed by atoms with E-state index < -0.39 is 0 Å². The fourth-order valence-electron chi connectivity index (χ4n) is 3.46. The number of benzene rings is 4. The van der Waals surface area contributed by atoms with Crippen molar-refractivity contribution in [3.63, 3.8) is 0 Å². The predicted octanol–water partition coefficient (Wildman–Crippen LogP) is 4.40. The molecule has 0 unspecified atom stereocenters. The molecule has 0 aliphatic rings. The van der Waals surface area contributed by atoms with Gasteiger partial charge in [0.2, 0.25) is 0 Å². The minimum atomic E-state index is -0.149. The standard InChI is InChI=1S/2C14H15P.Re.7H/c2*1-2-15(13-9-5-3-6-10-13)14-11-7-4-8-12-14;;;;;;;;/h2*3-12H,2H2,1H3;;;;;;;;. The molecule has 4 aromatic carbocycles. The third-order valence-electron chi connectivity index (χ3n) is 4.90. The first-order chi connectivity index (χ1) is 14.8. The van der Waals surface area contributed by atoms with E-state index in [1.165, 1.54) is 33.5 Å². The van der Waals surface area contributed by atoms with Crippen LogP contribution in [0.15, 0.2) is 121 Å². The number of hydrogen-bond acceptors (Lipinski definition) is 0. The first kappa shape index (κ1) is 25.7. The normalized spacial score (nSPS) is 10.2. The zero-order valence-corrected chi connectivity index (χ0v) is 19.6. The summed E-state index contributed by atoms with van der Waals surface area (Å²) >= 11 is 0. The zero-order valence-electron chi connectivity index (χ0n) is 17.9. The summed E-state index contributed by atoms with van der Waals surface area (Å²) in [5.74, 6) is 0. The van der Waals surface area contributed by atoms with Crippen LogP contribution in [0, 0.1) is 0 Å². The van der Waals surface area contributed by atoms with E-state index in [-0.39, 0.29) is 36.3 Å². The van der Waals surface area contributed by atoms with E-state index in [4.69, 9.17) is 0 Å². The average Bonchev–Trinajstić information content (AvgIpc) is 2.83. The van der Waals surface area contributed by atoms with Crippen molar-refractivity contribution in [2.75, 3.05) is 12.3 Å². The first-order valence-electron chi connectivity index (χ1n) is 10.6. The average molecular weight is 622 g/mol. The van der Waals surface area contributed by atoms with Gasteiger partial charge in [0.05, 0.1) is 0 Å². The van der Waals surface area contributed by atoms with E-state index >= 15 is 0 Å². The second kappa shape index (κ2) is 14.5. The number of hydrogen-bond donors (Lipinski definition) is 0. The van der Waals surface area contributed by atoms with Crippen molar-refractivity contribution in [1.29, 1.82) is 0 Å². The molecule has 0 aromatic heterocycles. The maximum atomic E-state index is 2.27. The van der Waals surface area contributed by atoms with E-state index in [9.17, 15) is 0 Å². The Bertz CT molecular complexity index is 799. The summed E-state index contributed by atoms with van der Waals surface area (Å²) in [5, 5.41) is 5.89. The zero-order chi connectivity index (χ0) is 21.0. The van der Waals surface area contributed by atoms with Gasteiger partial charge in [-0.1, -0.05) is 135 Å². The van der Waals surface area contributed by atoms with Gasteiger partial charge in [0.1, 0.15) is 0 Å². The van der Waals surface area contributed by atoms with Crippen LogP contribution in [-0.2, 0) is 20.4 Å². The molecule has 0 amide bonds. The molecule has 0 spiro atoms. The summed E-state index contributed by atoms with van der Waals surface area (Å²) < 4.78 is 0. The van der Waals surface area contributed by atoms with Gasteiger partial charge in [0.15, 0.2) is 0 Å². The van der Waals surface area contributed by atoms with E-state index in [0.717, 1.165) is 0 Å². The Labute approximate surface area is 204 Å². The fourth-order valence-corrected chi connectivity index (χ4v) is 7.65. The molecule has 0 saturated heterocycles. The molecule has 0 nitrogen and oxygen atoms in total. The third kappa shape index (κ3) is 7.79. The molecule has 1 radical (unpaired) electrons. The van der Waals surface area contributed by atoms with Crippen molar-refractivity contribution in [3.05, 3.63) is 121 Å². The van der Waals surface area contributed by atoms with Crippen LogP contribution in [0.25, 0.3) is 0 Å². The van der Waals surface area contributed by atoms with E-state index in [2.05, 4.69) is 135 Å². The molecule has 0 heterocycles. The fraction of sp³-hybridized carbons (Fsp3) is 0.143. The molecule has 0 saturated carbocycles. The minimum absolute atomic E-state index is 0. The Morgan fingerprint density at radius 2 is 0.581 bits per heavy atom. The van der Waals surface area contributed by atoms with Crippen molar-refractivity contribution >= 4 is 37.1 Å². The van der Waals surface area contributed by atoms with E-state index in [1.54, 1.807) is 0 Å². The molecule has 0 aliphatic heterocycles. The molecule has 4 rings (SSSR count). The van der Waals surface area contributed by atoms with Gasteiger partial charge < -0.3 is 0 Å². The summed E-state index contributed by atoms with van der Waals surface area (Å²) in [6.45, 7) is 4.54. The molecule has 0 aliphatic carbocycles. The van der Waals surface area contributed by atoms with Crippen LogP contribution in [-0.4, -0.2) is 12.3 Å². The van der Waals surface area contributed by atoms with Gasteiger partial charge in [-0.15, -0.1) is 0 Å². The Morgan fingerprint density at radius 1 is 0.387 bits per heavy atom. The Morgan fingerprint density at radius 3 is 0.742 bits per heavy atom. The van der Waals surface area contributed by atoms with E-state index in [0.29, 0.717) is 0 Å². The molecule has 166 valence electrons. The molecule has 0 fully saturated rings. The van der Waals surface area contributed by atoms with Gasteiger partial charge in [-0.2, -0.15) is 0 Å². The second-order valence-corrected chi connectivity index (χ2v) is 11.9. The first-order valence-corrected chi connectivity index (χ1v) is 13.6. The second-order valence-electron chi connectivity index (χ2n) is 6.83. The quantitative estimate of drug-likeness (QED) is 0.280. The third-order valence-corrected chi connectivity index (χ3v) is 9.85. The molecular formula is C28H37P2Re. The van der Waals surface area contributed by atoms with Crippen LogP contribution in [0.1, 0.15) is 13.8 Å². The molecule has 0 bridgehead atoms. The summed E-state index contributed by atoms with van der Waals surface area (Å²) in [6.07, 6.45) is 2.42. The van der Waals surface area contributed by atoms with Crippen LogP contribution >= 0.6 is 15.8 Å². The summed E-state index contributed by atoms with van der Waals surface area (Å²) in [5.41, 5.74) is 0. The predicted molar refractivity (Wildman–Crippen MR) is 149 cm³/mol. The van der Waals surface area contributed by atoms with Crippen molar-refractivity contribution < 1.29 is 20.4 Å². The van der Waals surface area contributed by atoms with Gasteiger partial charge in [0, 0.05) is 0 Å². The maximum absolute atomic E-state index is 2.27. The van der Waals surface area contributed by atoms with Gasteiger partial charge in [-0.3, -0.25) is 0 Å². The SMILES string of the molecule is CCP(c1ccccc1)c1ccccc1.CCP(c1ccccc1)c1ccccc1.[ReH7]. The number of rotatable bonds is 6. The van der Waals surface area contributed by atoms with Crippen LogP contribution in [0.5, 0.6) is 0 Å². The summed E-state index contributed by atoms with van der Waals surface area (Å²) in [6, 6.07) is 43.3. The van der Waals surface area contributed by atoms with Crippen LogP contribution in [0.2, 0.25) is 0 Å². The molecular weight excluding hydrogens is 584 g/mol. The van der Waals surface area contributed by atoms with Crippen molar-refractivity contribution in [3.8, 4) is 0 Å². The topological polar surface area (TPSA) is 0 Å². The van der Waals surface area contributed by atoms with Crippen LogP contribution < -0.4 is 21.2 Å². The Hall–Kier alpha value is -1.60. The van der Waals surface area contributed by atoms with Gasteiger partial charge in [-0.05, 0) is 49.4 Å². The molecule has 4 aromatic rings. The van der Waals surface area contributed by atoms with Crippen molar-refractivity contribution in [1.82, 2.24) is 0 Å². The van der Waals surface area contributed by atoms with Gasteiger partial charge >= 0.3 is 20.4 Å². The van der Waals surface area contributed by atoms with E-state index in [1.807, 2.05) is 0 Å². The molecule has 31 heavy (non-hydrogen) atoms. The monoisotopic (exact) mass is 622 g/mol. The summed E-state index contributed by atoms with van der Waals surface area (Å²) in [7, 11) is -0.297. The molecule has 3 heteroatoms. The van der Waals surface area contributed by atoms with Crippen LogP contribution in [0.4, 0.5) is 0 Å². The summed E-state index contributed by atoms with van der Waals surface area (Å²) in [4.78, 5) is 0. The van der Waals surface area contributed by atoms with Crippen molar-refractivity contribution in [2.45, 2.75) is 13.8 Å². The van der Waals surface area contributed by atoms with Gasteiger partial charge in [-0.25, -0.2) is 0 Å². The molecule has 0 atom stereocenters. The molecule has 0 N–H and O–H groups in total. The van der Waals surface area contributed by atoms with Crippen molar-refractivity contribution in [2.24, 2.45) is 0 Å².